The van der Waals surface area contributed by atoms with Crippen LogP contribution in [0.25, 0.3) is 0 Å². The molecule has 0 amide bonds. The Balaban J connectivity index is 1.74. The minimum atomic E-state index is 0.154. The number of unbranched alkanes of at least 4 members (excludes halogenated alkanes) is 2. The molecule has 1 heterocycles. The Labute approximate surface area is 49.7 Å². The molecular formula is C6H12O2. The zero-order valence-electron chi connectivity index (χ0n) is 5.22. The summed E-state index contributed by atoms with van der Waals surface area (Å²) in [6, 6.07) is 0. The van der Waals surface area contributed by atoms with Gasteiger partial charge in [0.2, 0.25) is 6.29 Å². The molecule has 0 aromatic rings. The summed E-state index contributed by atoms with van der Waals surface area (Å²) in [6.07, 6.45) is 5.03. The molecule has 0 atom stereocenters. The van der Waals surface area contributed by atoms with Crippen molar-refractivity contribution in [3.63, 3.8) is 0 Å². The Morgan fingerprint density at radius 1 is 1.25 bits per heavy atom. The summed E-state index contributed by atoms with van der Waals surface area (Å²) < 4.78 is 0. The van der Waals surface area contributed by atoms with Gasteiger partial charge in [-0.25, -0.2) is 0 Å². The Morgan fingerprint density at radius 3 is 2.50 bits per heavy atom. The molecule has 2 heteroatoms. The van der Waals surface area contributed by atoms with E-state index in [4.69, 9.17) is 0 Å². The first-order chi connectivity index (χ1) is 3.93. The van der Waals surface area contributed by atoms with Crippen LogP contribution in [0.5, 0.6) is 0 Å². The highest BCUT2D eigenvalue weighted by atomic mass is 17.4. The Hall–Kier alpha value is -0.0800. The van der Waals surface area contributed by atoms with Crippen molar-refractivity contribution in [1.82, 2.24) is 0 Å². The monoisotopic (exact) mass is 116 g/mol. The second-order valence-corrected chi connectivity index (χ2v) is 2.12. The first-order valence-electron chi connectivity index (χ1n) is 3.25. The molecular weight excluding hydrogens is 104 g/mol. The van der Waals surface area contributed by atoms with Gasteiger partial charge in [-0.3, -0.25) is 0 Å². The molecule has 0 aliphatic carbocycles. The smallest absolute Gasteiger partial charge is 0.199 e. The van der Waals surface area contributed by atoms with E-state index < -0.39 is 0 Å². The minimum absolute atomic E-state index is 0.154. The maximum atomic E-state index is 4.56. The van der Waals surface area contributed by atoms with Gasteiger partial charge >= 0.3 is 0 Å². The van der Waals surface area contributed by atoms with Gasteiger partial charge in [-0.15, -0.1) is 0 Å². The Kier molecular flexibility index (Phi) is 2.30. The molecule has 1 fully saturated rings. The van der Waals surface area contributed by atoms with Crippen LogP contribution < -0.4 is 0 Å². The first-order valence-corrected chi connectivity index (χ1v) is 3.25. The van der Waals surface area contributed by atoms with Crippen LogP contribution in [-0.2, 0) is 9.78 Å². The topological polar surface area (TPSA) is 25.1 Å². The fourth-order valence-corrected chi connectivity index (χ4v) is 0.697. The van der Waals surface area contributed by atoms with E-state index in [-0.39, 0.29) is 6.29 Å². The van der Waals surface area contributed by atoms with Crippen molar-refractivity contribution in [3.8, 4) is 0 Å². The van der Waals surface area contributed by atoms with E-state index in [0.717, 1.165) is 6.42 Å². The van der Waals surface area contributed by atoms with Crippen molar-refractivity contribution >= 4 is 0 Å². The first kappa shape index (κ1) is 6.05. The van der Waals surface area contributed by atoms with Crippen LogP contribution in [0.1, 0.15) is 32.6 Å². The van der Waals surface area contributed by atoms with E-state index in [9.17, 15) is 0 Å². The third kappa shape index (κ3) is 2.28. The zero-order chi connectivity index (χ0) is 5.82. The lowest BCUT2D eigenvalue weighted by Crippen LogP contribution is -1.82. The average Bonchev–Trinajstić information content (AvgIpc) is 2.51. The van der Waals surface area contributed by atoms with E-state index in [1.54, 1.807) is 0 Å². The predicted octanol–water partition coefficient (Wildman–Crippen LogP) is 1.85. The van der Waals surface area contributed by atoms with Gasteiger partial charge in [-0.1, -0.05) is 19.8 Å². The van der Waals surface area contributed by atoms with Gasteiger partial charge in [-0.05, 0) is 6.42 Å². The molecule has 48 valence electrons. The summed E-state index contributed by atoms with van der Waals surface area (Å²) >= 11 is 0. The molecule has 0 saturated carbocycles. The third-order valence-electron chi connectivity index (χ3n) is 1.28. The maximum Gasteiger partial charge on any atom is 0.224 e. The van der Waals surface area contributed by atoms with E-state index in [1.165, 1.54) is 19.3 Å². The highest BCUT2D eigenvalue weighted by molar-refractivity contribution is 4.47. The quantitative estimate of drug-likeness (QED) is 0.318. The minimum Gasteiger partial charge on any atom is -0.199 e. The molecule has 1 rings (SSSR count). The summed E-state index contributed by atoms with van der Waals surface area (Å²) in [5.74, 6) is 0. The largest absolute Gasteiger partial charge is 0.224 e. The second kappa shape index (κ2) is 3.05. The normalized spacial score (nSPS) is 19.1. The van der Waals surface area contributed by atoms with Gasteiger partial charge in [0.05, 0.1) is 0 Å². The van der Waals surface area contributed by atoms with Crippen molar-refractivity contribution in [3.05, 3.63) is 0 Å². The second-order valence-electron chi connectivity index (χ2n) is 2.12. The van der Waals surface area contributed by atoms with Crippen molar-refractivity contribution in [2.24, 2.45) is 0 Å². The van der Waals surface area contributed by atoms with Crippen LogP contribution in [-0.4, -0.2) is 6.29 Å². The van der Waals surface area contributed by atoms with Crippen molar-refractivity contribution in [1.29, 1.82) is 0 Å². The Morgan fingerprint density at radius 2 is 2.00 bits per heavy atom. The van der Waals surface area contributed by atoms with Gasteiger partial charge < -0.3 is 0 Å². The maximum absolute atomic E-state index is 4.56. The fourth-order valence-electron chi connectivity index (χ4n) is 0.697. The lowest BCUT2D eigenvalue weighted by Gasteiger charge is -1.88. The van der Waals surface area contributed by atoms with E-state index in [2.05, 4.69) is 16.7 Å². The van der Waals surface area contributed by atoms with Crippen molar-refractivity contribution < 1.29 is 9.78 Å². The SMILES string of the molecule is CCCCCC1OO1. The summed E-state index contributed by atoms with van der Waals surface area (Å²) in [5.41, 5.74) is 0. The standard InChI is InChI=1S/C6H12O2/c1-2-3-4-5-6-7-8-6/h6H,2-5H2,1H3. The molecule has 0 spiro atoms. The summed E-state index contributed by atoms with van der Waals surface area (Å²) in [6.45, 7) is 2.19. The molecule has 0 N–H and O–H groups in total. The van der Waals surface area contributed by atoms with Crippen LogP contribution in [0, 0.1) is 0 Å². The Bertz CT molecular complexity index is 59.5. The van der Waals surface area contributed by atoms with Gasteiger partial charge in [0.15, 0.2) is 0 Å². The third-order valence-corrected chi connectivity index (χ3v) is 1.28. The van der Waals surface area contributed by atoms with E-state index in [0.29, 0.717) is 0 Å². The van der Waals surface area contributed by atoms with Crippen LogP contribution >= 0.6 is 0 Å². The molecule has 1 aliphatic rings. The summed E-state index contributed by atoms with van der Waals surface area (Å²) in [4.78, 5) is 9.11. The van der Waals surface area contributed by atoms with Gasteiger partial charge in [0.1, 0.15) is 0 Å². The highest BCUT2D eigenvalue weighted by Gasteiger charge is 2.23. The molecule has 0 aromatic carbocycles. The summed E-state index contributed by atoms with van der Waals surface area (Å²) in [7, 11) is 0. The molecule has 0 unspecified atom stereocenters. The van der Waals surface area contributed by atoms with Crippen LogP contribution in [0.4, 0.5) is 0 Å². The van der Waals surface area contributed by atoms with Crippen LogP contribution in [0.3, 0.4) is 0 Å². The number of rotatable bonds is 4. The molecule has 0 radical (unpaired) electrons. The highest BCUT2D eigenvalue weighted by Crippen LogP contribution is 2.18. The van der Waals surface area contributed by atoms with Crippen molar-refractivity contribution in [2.45, 2.75) is 38.9 Å². The number of hydrogen-bond donors (Lipinski definition) is 0. The fraction of sp³-hybridized carbons (Fsp3) is 1.00. The van der Waals surface area contributed by atoms with Gasteiger partial charge in [0.25, 0.3) is 0 Å². The molecule has 8 heavy (non-hydrogen) atoms. The van der Waals surface area contributed by atoms with Crippen LogP contribution in [0.2, 0.25) is 0 Å². The van der Waals surface area contributed by atoms with Crippen molar-refractivity contribution in [2.75, 3.05) is 0 Å². The van der Waals surface area contributed by atoms with Crippen LogP contribution in [0.15, 0.2) is 0 Å². The molecule has 0 aromatic heterocycles. The molecule has 2 nitrogen and oxygen atoms in total. The molecule has 1 saturated heterocycles. The molecule has 0 bridgehead atoms. The number of hydrogen-bond acceptors (Lipinski definition) is 2. The van der Waals surface area contributed by atoms with E-state index >= 15 is 0 Å². The molecule has 1 aliphatic heterocycles. The summed E-state index contributed by atoms with van der Waals surface area (Å²) in [5, 5.41) is 0. The lowest BCUT2D eigenvalue weighted by atomic mass is 10.2. The average molecular weight is 116 g/mol. The zero-order valence-corrected chi connectivity index (χ0v) is 5.22. The van der Waals surface area contributed by atoms with Gasteiger partial charge in [0, 0.05) is 6.42 Å². The lowest BCUT2D eigenvalue weighted by molar-refractivity contribution is 0.0850. The van der Waals surface area contributed by atoms with E-state index in [1.807, 2.05) is 0 Å². The van der Waals surface area contributed by atoms with Gasteiger partial charge in [-0.2, -0.15) is 9.78 Å². The predicted molar refractivity (Wildman–Crippen MR) is 30.1 cm³/mol.